The second kappa shape index (κ2) is 8.27. The third-order valence-corrected chi connectivity index (χ3v) is 7.34. The molecule has 0 spiro atoms. The van der Waals surface area contributed by atoms with Crippen LogP contribution in [0.2, 0.25) is 0 Å². The van der Waals surface area contributed by atoms with E-state index in [2.05, 4.69) is 5.32 Å². The minimum atomic E-state index is -0.516. The Morgan fingerprint density at radius 3 is 2.31 bits per heavy atom. The molecule has 1 saturated heterocycles. The number of carbonyl (C=O) groups is 2. The van der Waals surface area contributed by atoms with Crippen molar-refractivity contribution < 1.29 is 14.0 Å². The van der Waals surface area contributed by atoms with Gasteiger partial charge in [0.25, 0.3) is 5.91 Å². The highest BCUT2D eigenvalue weighted by molar-refractivity contribution is 7.13. The Hall–Kier alpha value is -2.21. The number of thiophene rings is 1. The first-order valence-corrected chi connectivity index (χ1v) is 11.2. The number of carbonyl (C=O) groups excluding carboxylic acids is 2. The van der Waals surface area contributed by atoms with E-state index in [1.54, 1.807) is 12.1 Å². The molecule has 1 aliphatic heterocycles. The Labute approximate surface area is 175 Å². The highest BCUT2D eigenvalue weighted by atomic mass is 32.1. The van der Waals surface area contributed by atoms with Crippen LogP contribution < -0.4 is 5.32 Å². The molecule has 6 heteroatoms. The number of likely N-dealkylation sites (tertiary alicyclic amines) is 1. The Kier molecular flexibility index (Phi) is 5.72. The van der Waals surface area contributed by atoms with Crippen LogP contribution in [0.5, 0.6) is 0 Å². The van der Waals surface area contributed by atoms with Crippen molar-refractivity contribution in [3.63, 3.8) is 0 Å². The van der Waals surface area contributed by atoms with E-state index in [-0.39, 0.29) is 23.7 Å². The van der Waals surface area contributed by atoms with Gasteiger partial charge in [-0.2, -0.15) is 0 Å². The molecular weight excluding hydrogens is 387 g/mol. The fourth-order valence-corrected chi connectivity index (χ4v) is 5.49. The SMILES string of the molecule is Cc1ccc(C(=O)NC2CCN(C(=O)C3(c4ccc(F)cc4)CCCC3)CC2)s1. The molecule has 1 aromatic heterocycles. The van der Waals surface area contributed by atoms with E-state index in [0.29, 0.717) is 13.1 Å². The molecule has 2 heterocycles. The molecular formula is C23H27FN2O2S. The first kappa shape index (κ1) is 20.1. The molecule has 29 heavy (non-hydrogen) atoms. The van der Waals surface area contributed by atoms with Gasteiger partial charge >= 0.3 is 0 Å². The summed E-state index contributed by atoms with van der Waals surface area (Å²) in [4.78, 5) is 29.7. The fraction of sp³-hybridized carbons (Fsp3) is 0.478. The summed E-state index contributed by atoms with van der Waals surface area (Å²) in [7, 11) is 0. The van der Waals surface area contributed by atoms with Gasteiger partial charge in [0.05, 0.1) is 10.3 Å². The predicted octanol–water partition coefficient (Wildman–Crippen LogP) is 4.43. The molecule has 0 atom stereocenters. The van der Waals surface area contributed by atoms with E-state index >= 15 is 0 Å². The lowest BCUT2D eigenvalue weighted by atomic mass is 9.77. The molecule has 154 valence electrons. The number of hydrogen-bond acceptors (Lipinski definition) is 3. The molecule has 1 saturated carbocycles. The van der Waals surface area contributed by atoms with Gasteiger partial charge < -0.3 is 10.2 Å². The van der Waals surface area contributed by atoms with Crippen LogP contribution in [0.25, 0.3) is 0 Å². The quantitative estimate of drug-likeness (QED) is 0.805. The number of piperidine rings is 1. The summed E-state index contributed by atoms with van der Waals surface area (Å²) >= 11 is 1.50. The van der Waals surface area contributed by atoms with Crippen LogP contribution in [0.3, 0.4) is 0 Å². The van der Waals surface area contributed by atoms with Crippen molar-refractivity contribution in [2.75, 3.05) is 13.1 Å². The molecule has 4 nitrogen and oxygen atoms in total. The number of amides is 2. The number of hydrogen-bond donors (Lipinski definition) is 1. The number of nitrogens with zero attached hydrogens (tertiary/aromatic N) is 1. The predicted molar refractivity (Wildman–Crippen MR) is 113 cm³/mol. The summed E-state index contributed by atoms with van der Waals surface area (Å²) in [6.07, 6.45) is 5.23. The second-order valence-corrected chi connectivity index (χ2v) is 9.53. The Morgan fingerprint density at radius 2 is 1.72 bits per heavy atom. The summed E-state index contributed by atoms with van der Waals surface area (Å²) in [5.41, 5.74) is 0.419. The van der Waals surface area contributed by atoms with Crippen LogP contribution in [0.15, 0.2) is 36.4 Å². The topological polar surface area (TPSA) is 49.4 Å². The average Bonchev–Trinajstić information content (AvgIpc) is 3.39. The van der Waals surface area contributed by atoms with Crippen molar-refractivity contribution >= 4 is 23.2 Å². The summed E-state index contributed by atoms with van der Waals surface area (Å²) in [6.45, 7) is 3.29. The molecule has 2 aliphatic rings. The monoisotopic (exact) mass is 414 g/mol. The van der Waals surface area contributed by atoms with Gasteiger partial charge in [0, 0.05) is 24.0 Å². The van der Waals surface area contributed by atoms with E-state index < -0.39 is 5.41 Å². The van der Waals surface area contributed by atoms with Crippen LogP contribution in [-0.4, -0.2) is 35.8 Å². The highest BCUT2D eigenvalue weighted by Gasteiger charge is 2.45. The van der Waals surface area contributed by atoms with Crippen LogP contribution >= 0.6 is 11.3 Å². The van der Waals surface area contributed by atoms with Gasteiger partial charge in [-0.05, 0) is 62.4 Å². The molecule has 2 fully saturated rings. The van der Waals surface area contributed by atoms with E-state index in [1.807, 2.05) is 24.0 Å². The van der Waals surface area contributed by atoms with Crippen molar-refractivity contribution in [3.05, 3.63) is 57.5 Å². The second-order valence-electron chi connectivity index (χ2n) is 8.25. The fourth-order valence-electron chi connectivity index (χ4n) is 4.72. The van der Waals surface area contributed by atoms with E-state index in [4.69, 9.17) is 0 Å². The molecule has 0 bridgehead atoms. The van der Waals surface area contributed by atoms with Crippen LogP contribution in [-0.2, 0) is 10.2 Å². The number of nitrogens with one attached hydrogen (secondary N) is 1. The summed E-state index contributed by atoms with van der Waals surface area (Å²) in [5.74, 6) is -0.126. The number of halogens is 1. The summed E-state index contributed by atoms with van der Waals surface area (Å²) in [5, 5.41) is 3.12. The lowest BCUT2D eigenvalue weighted by Crippen LogP contribution is -2.51. The van der Waals surface area contributed by atoms with Gasteiger partial charge in [0.1, 0.15) is 5.82 Å². The minimum absolute atomic E-state index is 0.0218. The van der Waals surface area contributed by atoms with E-state index in [1.165, 1.54) is 23.5 Å². The van der Waals surface area contributed by atoms with Crippen LogP contribution in [0.4, 0.5) is 4.39 Å². The van der Waals surface area contributed by atoms with Gasteiger partial charge in [0.2, 0.25) is 5.91 Å². The normalized spacial score (nSPS) is 19.3. The van der Waals surface area contributed by atoms with Gasteiger partial charge in [0.15, 0.2) is 0 Å². The first-order chi connectivity index (χ1) is 14.0. The molecule has 4 rings (SSSR count). The van der Waals surface area contributed by atoms with Gasteiger partial charge in [-0.1, -0.05) is 25.0 Å². The van der Waals surface area contributed by atoms with Crippen molar-refractivity contribution in [2.45, 2.75) is 56.9 Å². The average molecular weight is 415 g/mol. The smallest absolute Gasteiger partial charge is 0.261 e. The molecule has 0 radical (unpaired) electrons. The lowest BCUT2D eigenvalue weighted by Gasteiger charge is -2.39. The zero-order valence-corrected chi connectivity index (χ0v) is 17.6. The molecule has 2 amide bonds. The third kappa shape index (κ3) is 4.08. The Bertz CT molecular complexity index is 879. The molecule has 1 N–H and O–H groups in total. The maximum Gasteiger partial charge on any atom is 0.261 e. The van der Waals surface area contributed by atoms with Crippen molar-refractivity contribution in [3.8, 4) is 0 Å². The zero-order chi connectivity index (χ0) is 20.4. The molecule has 2 aromatic rings. The maximum atomic E-state index is 13.5. The molecule has 0 unspecified atom stereocenters. The summed E-state index contributed by atoms with van der Waals surface area (Å²) < 4.78 is 13.4. The minimum Gasteiger partial charge on any atom is -0.348 e. The molecule has 1 aliphatic carbocycles. The number of benzene rings is 1. The largest absolute Gasteiger partial charge is 0.348 e. The number of rotatable bonds is 4. The maximum absolute atomic E-state index is 13.5. The van der Waals surface area contributed by atoms with Gasteiger partial charge in [-0.3, -0.25) is 9.59 Å². The van der Waals surface area contributed by atoms with Crippen molar-refractivity contribution in [1.82, 2.24) is 10.2 Å². The van der Waals surface area contributed by atoms with Crippen LogP contribution in [0.1, 0.15) is 58.6 Å². The standard InChI is InChI=1S/C23H27FN2O2S/c1-16-4-9-20(29-16)21(27)25-19-10-14-26(15-11-19)22(28)23(12-2-3-13-23)17-5-7-18(24)8-6-17/h4-9,19H,2-3,10-15H2,1H3,(H,25,27). The van der Waals surface area contributed by atoms with Crippen molar-refractivity contribution in [2.24, 2.45) is 0 Å². The Morgan fingerprint density at radius 1 is 1.07 bits per heavy atom. The van der Waals surface area contributed by atoms with E-state index in [9.17, 15) is 14.0 Å². The van der Waals surface area contributed by atoms with E-state index in [0.717, 1.165) is 53.8 Å². The van der Waals surface area contributed by atoms with Crippen molar-refractivity contribution in [1.29, 1.82) is 0 Å². The zero-order valence-electron chi connectivity index (χ0n) is 16.7. The highest BCUT2D eigenvalue weighted by Crippen LogP contribution is 2.43. The molecule has 1 aromatic carbocycles. The third-order valence-electron chi connectivity index (χ3n) is 6.34. The van der Waals surface area contributed by atoms with Gasteiger partial charge in [-0.15, -0.1) is 11.3 Å². The van der Waals surface area contributed by atoms with Gasteiger partial charge in [-0.25, -0.2) is 4.39 Å². The number of aryl methyl sites for hydroxylation is 1. The lowest BCUT2D eigenvalue weighted by molar-refractivity contribution is -0.138. The Balaban J connectivity index is 1.40. The first-order valence-electron chi connectivity index (χ1n) is 10.4. The summed E-state index contributed by atoms with van der Waals surface area (Å²) in [6, 6.07) is 10.4. The van der Waals surface area contributed by atoms with Crippen LogP contribution in [0, 0.1) is 12.7 Å².